The van der Waals surface area contributed by atoms with E-state index in [1.165, 1.54) is 18.2 Å². The zero-order valence-corrected chi connectivity index (χ0v) is 12.1. The predicted molar refractivity (Wildman–Crippen MR) is 70.5 cm³/mol. The van der Waals surface area contributed by atoms with Crippen LogP contribution in [0.4, 0.5) is 4.39 Å². The Balaban J connectivity index is 2.85. The number of hydrogen-bond donors (Lipinski definition) is 0. The molecule has 1 amide bonds. The highest BCUT2D eigenvalue weighted by Gasteiger charge is 2.19. The van der Waals surface area contributed by atoms with Gasteiger partial charge in [-0.3, -0.25) is 4.79 Å². The van der Waals surface area contributed by atoms with Crippen LogP contribution in [0.3, 0.4) is 0 Å². The van der Waals surface area contributed by atoms with Crippen molar-refractivity contribution < 1.29 is 9.18 Å². The molecule has 17 heavy (non-hydrogen) atoms. The zero-order chi connectivity index (χ0) is 13.2. The summed E-state index contributed by atoms with van der Waals surface area (Å²) >= 11 is 3.08. The predicted octanol–water partition coefficient (Wildman–Crippen LogP) is 3.71. The molecule has 1 rings (SSSR count). The average molecular weight is 302 g/mol. The molecule has 0 saturated heterocycles. The van der Waals surface area contributed by atoms with Crippen molar-refractivity contribution in [1.29, 1.82) is 0 Å². The lowest BCUT2D eigenvalue weighted by Crippen LogP contribution is -2.34. The summed E-state index contributed by atoms with van der Waals surface area (Å²) in [6, 6.07) is 4.31. The molecule has 94 valence electrons. The van der Waals surface area contributed by atoms with Crippen LogP contribution in [0.5, 0.6) is 0 Å². The van der Waals surface area contributed by atoms with Gasteiger partial charge in [0.1, 0.15) is 5.82 Å². The van der Waals surface area contributed by atoms with E-state index in [0.29, 0.717) is 16.6 Å². The molecule has 0 saturated carbocycles. The second kappa shape index (κ2) is 5.17. The molecule has 0 aliphatic rings. The minimum absolute atomic E-state index is 0.0433. The fourth-order valence-corrected chi connectivity index (χ4v) is 2.01. The molecule has 1 aromatic carbocycles. The smallest absolute Gasteiger partial charge is 0.253 e. The molecule has 0 spiro atoms. The maximum absolute atomic E-state index is 13.1. The van der Waals surface area contributed by atoms with E-state index in [-0.39, 0.29) is 17.1 Å². The van der Waals surface area contributed by atoms with Gasteiger partial charge < -0.3 is 4.90 Å². The molecular weight excluding hydrogens is 285 g/mol. The van der Waals surface area contributed by atoms with Crippen molar-refractivity contribution in [3.05, 3.63) is 34.1 Å². The Bertz CT molecular complexity index is 426. The molecule has 0 atom stereocenters. The highest BCUT2D eigenvalue weighted by molar-refractivity contribution is 9.10. The van der Waals surface area contributed by atoms with E-state index in [2.05, 4.69) is 36.7 Å². The molecule has 0 fully saturated rings. The quantitative estimate of drug-likeness (QED) is 0.815. The average Bonchev–Trinajstić information content (AvgIpc) is 2.18. The van der Waals surface area contributed by atoms with Crippen LogP contribution >= 0.6 is 15.9 Å². The second-order valence-corrected chi connectivity index (χ2v) is 6.21. The van der Waals surface area contributed by atoms with Crippen LogP contribution in [0.1, 0.15) is 31.1 Å². The maximum atomic E-state index is 13.1. The van der Waals surface area contributed by atoms with Crippen LogP contribution in [0, 0.1) is 11.2 Å². The second-order valence-electron chi connectivity index (χ2n) is 5.35. The van der Waals surface area contributed by atoms with Gasteiger partial charge in [-0.25, -0.2) is 4.39 Å². The highest BCUT2D eigenvalue weighted by Crippen LogP contribution is 2.19. The standard InChI is InChI=1S/C13H17BrFNO/c1-13(2,3)8-16(4)12(17)9-5-6-11(15)10(14)7-9/h5-7H,8H2,1-4H3. The van der Waals surface area contributed by atoms with Crippen molar-refractivity contribution in [2.24, 2.45) is 5.41 Å². The van der Waals surface area contributed by atoms with Gasteiger partial charge >= 0.3 is 0 Å². The van der Waals surface area contributed by atoms with Gasteiger partial charge in [0, 0.05) is 19.2 Å². The first kappa shape index (κ1) is 14.2. The molecule has 0 unspecified atom stereocenters. The van der Waals surface area contributed by atoms with Crippen LogP contribution < -0.4 is 0 Å². The third-order valence-electron chi connectivity index (χ3n) is 2.22. The Hall–Kier alpha value is -0.900. The fraction of sp³-hybridized carbons (Fsp3) is 0.462. The van der Waals surface area contributed by atoms with Crippen molar-refractivity contribution in [2.45, 2.75) is 20.8 Å². The van der Waals surface area contributed by atoms with Crippen molar-refractivity contribution >= 4 is 21.8 Å². The monoisotopic (exact) mass is 301 g/mol. The fourth-order valence-electron chi connectivity index (χ4n) is 1.63. The van der Waals surface area contributed by atoms with Crippen molar-refractivity contribution in [2.75, 3.05) is 13.6 Å². The summed E-state index contributed by atoms with van der Waals surface area (Å²) in [5.74, 6) is -0.458. The molecule has 0 aliphatic carbocycles. The number of carbonyl (C=O) groups excluding carboxylic acids is 1. The third kappa shape index (κ3) is 4.11. The number of carbonyl (C=O) groups is 1. The number of amides is 1. The SMILES string of the molecule is CN(CC(C)(C)C)C(=O)c1ccc(F)c(Br)c1. The molecule has 4 heteroatoms. The zero-order valence-electron chi connectivity index (χ0n) is 10.6. The van der Waals surface area contributed by atoms with Gasteiger partial charge in [-0.05, 0) is 39.5 Å². The largest absolute Gasteiger partial charge is 0.341 e. The minimum Gasteiger partial charge on any atom is -0.341 e. The van der Waals surface area contributed by atoms with Gasteiger partial charge in [0.15, 0.2) is 0 Å². The number of benzene rings is 1. The number of nitrogens with zero attached hydrogens (tertiary/aromatic N) is 1. The summed E-state index contributed by atoms with van der Waals surface area (Å²) in [5.41, 5.74) is 0.534. The molecule has 0 heterocycles. The summed E-state index contributed by atoms with van der Waals surface area (Å²) in [6.45, 7) is 6.85. The first-order valence-corrected chi connectivity index (χ1v) is 6.20. The van der Waals surface area contributed by atoms with Crippen LogP contribution in [-0.2, 0) is 0 Å². The van der Waals surface area contributed by atoms with E-state index in [1.807, 2.05) is 0 Å². The van der Waals surface area contributed by atoms with Gasteiger partial charge in [-0.2, -0.15) is 0 Å². The lowest BCUT2D eigenvalue weighted by Gasteiger charge is -2.26. The molecule has 0 bridgehead atoms. The Morgan fingerprint density at radius 2 is 2.00 bits per heavy atom. The first-order chi connectivity index (χ1) is 7.70. The van der Waals surface area contributed by atoms with E-state index in [1.54, 1.807) is 11.9 Å². The van der Waals surface area contributed by atoms with Crippen LogP contribution in [-0.4, -0.2) is 24.4 Å². The summed E-state index contributed by atoms with van der Waals surface area (Å²) in [6.07, 6.45) is 0. The summed E-state index contributed by atoms with van der Waals surface area (Å²) < 4.78 is 13.4. The molecule has 0 N–H and O–H groups in total. The molecular formula is C13H17BrFNO. The van der Waals surface area contributed by atoms with E-state index < -0.39 is 0 Å². The van der Waals surface area contributed by atoms with Gasteiger partial charge in [-0.1, -0.05) is 20.8 Å². The number of halogens is 2. The van der Waals surface area contributed by atoms with Gasteiger partial charge in [0.25, 0.3) is 5.91 Å². The highest BCUT2D eigenvalue weighted by atomic mass is 79.9. The van der Waals surface area contributed by atoms with Gasteiger partial charge in [0.05, 0.1) is 4.47 Å². The van der Waals surface area contributed by atoms with E-state index in [0.717, 1.165) is 0 Å². The molecule has 1 aromatic rings. The summed E-state index contributed by atoms with van der Waals surface area (Å²) in [5, 5.41) is 0. The molecule has 0 radical (unpaired) electrons. The molecule has 0 aliphatic heterocycles. The normalized spacial score (nSPS) is 11.4. The topological polar surface area (TPSA) is 20.3 Å². The Morgan fingerprint density at radius 3 is 2.47 bits per heavy atom. The van der Waals surface area contributed by atoms with Crippen LogP contribution in [0.25, 0.3) is 0 Å². The lowest BCUT2D eigenvalue weighted by molar-refractivity contribution is 0.0745. The number of rotatable bonds is 2. The van der Waals surface area contributed by atoms with Gasteiger partial charge in [-0.15, -0.1) is 0 Å². The summed E-state index contributed by atoms with van der Waals surface area (Å²) in [4.78, 5) is 13.7. The van der Waals surface area contributed by atoms with Gasteiger partial charge in [0.2, 0.25) is 0 Å². The minimum atomic E-state index is -0.361. The molecule has 0 aromatic heterocycles. The Morgan fingerprint density at radius 1 is 1.41 bits per heavy atom. The van der Waals surface area contributed by atoms with Crippen LogP contribution in [0.2, 0.25) is 0 Å². The molecule has 2 nitrogen and oxygen atoms in total. The van der Waals surface area contributed by atoms with Crippen molar-refractivity contribution in [1.82, 2.24) is 4.90 Å². The third-order valence-corrected chi connectivity index (χ3v) is 2.83. The maximum Gasteiger partial charge on any atom is 0.253 e. The van der Waals surface area contributed by atoms with E-state index >= 15 is 0 Å². The van der Waals surface area contributed by atoms with E-state index in [4.69, 9.17) is 0 Å². The van der Waals surface area contributed by atoms with Crippen molar-refractivity contribution in [3.8, 4) is 0 Å². The lowest BCUT2D eigenvalue weighted by atomic mass is 9.96. The van der Waals surface area contributed by atoms with Crippen molar-refractivity contribution in [3.63, 3.8) is 0 Å². The Kier molecular flexibility index (Phi) is 4.31. The first-order valence-electron chi connectivity index (χ1n) is 5.41. The van der Waals surface area contributed by atoms with Crippen LogP contribution in [0.15, 0.2) is 22.7 Å². The van der Waals surface area contributed by atoms with E-state index in [9.17, 15) is 9.18 Å². The number of hydrogen-bond acceptors (Lipinski definition) is 1. The Labute approximate surface area is 110 Å². The summed E-state index contributed by atoms with van der Waals surface area (Å²) in [7, 11) is 1.75.